The third-order valence-electron chi connectivity index (χ3n) is 5.31. The Kier molecular flexibility index (Phi) is 15.9. The number of rotatable bonds is 13. The molecule has 1 aliphatic rings. The smallest absolute Gasteiger partial charge is 0.746 e. The summed E-state index contributed by atoms with van der Waals surface area (Å²) < 4.78 is 40.8. The molecule has 1 aliphatic carbocycles. The van der Waals surface area contributed by atoms with E-state index in [0.717, 1.165) is 24.7 Å². The molecule has 28 heavy (non-hydrogen) atoms. The zero-order valence-corrected chi connectivity index (χ0v) is 20.5. The van der Waals surface area contributed by atoms with Crippen LogP contribution in [0, 0.1) is 17.8 Å². The molecule has 0 bridgehead atoms. The molecule has 0 aromatic carbocycles. The van der Waals surface area contributed by atoms with Crippen molar-refractivity contribution in [1.82, 2.24) is 0 Å². The zero-order chi connectivity index (χ0) is 20.1. The third-order valence-corrected chi connectivity index (χ3v) is 5.77. The summed E-state index contributed by atoms with van der Waals surface area (Å²) in [5.74, 6) is 0.205. The van der Waals surface area contributed by atoms with Gasteiger partial charge in [0.2, 0.25) is 0 Å². The van der Waals surface area contributed by atoms with E-state index in [0.29, 0.717) is 6.42 Å². The van der Waals surface area contributed by atoms with Gasteiger partial charge in [0, 0.05) is 0 Å². The second-order valence-corrected chi connectivity index (χ2v) is 8.85. The molecule has 8 heteroatoms. The summed E-state index contributed by atoms with van der Waals surface area (Å²) in [5, 5.41) is 0. The van der Waals surface area contributed by atoms with Crippen molar-refractivity contribution in [3.63, 3.8) is 0 Å². The van der Waals surface area contributed by atoms with Gasteiger partial charge in [-0.2, -0.15) is 0 Å². The molecular weight excluding hydrogens is 391 g/mol. The predicted molar refractivity (Wildman–Crippen MR) is 104 cm³/mol. The van der Waals surface area contributed by atoms with Gasteiger partial charge in [-0.25, -0.2) is 8.42 Å². The first-order chi connectivity index (χ1) is 12.8. The monoisotopic (exact) mass is 426 g/mol. The van der Waals surface area contributed by atoms with Gasteiger partial charge in [0.05, 0.1) is 12.5 Å². The fourth-order valence-electron chi connectivity index (χ4n) is 3.66. The number of allylic oxidation sites excluding steroid dienone is 2. The van der Waals surface area contributed by atoms with Crippen LogP contribution in [0.3, 0.4) is 0 Å². The largest absolute Gasteiger partial charge is 1.00 e. The van der Waals surface area contributed by atoms with E-state index < -0.39 is 16.1 Å². The maximum absolute atomic E-state index is 11.8. The standard InChI is InChI=1S/C20H36O6S.Na/c1-3-18(19-12-8-5-9-13-19)11-7-4-6-10-17(2)20(21)26-15-14-25-16-27(22,23)24;/h4,7,17-19H,3,5-6,8-16H2,1-2H3,(H,22,23,24);/q;+1/p-1. The molecule has 2 atom stereocenters. The van der Waals surface area contributed by atoms with Gasteiger partial charge in [0.15, 0.2) is 0 Å². The molecule has 0 aromatic heterocycles. The summed E-state index contributed by atoms with van der Waals surface area (Å²) in [6.07, 6.45) is 15.2. The summed E-state index contributed by atoms with van der Waals surface area (Å²) in [4.78, 5) is 11.8. The molecule has 2 unspecified atom stereocenters. The molecule has 158 valence electrons. The molecule has 0 radical (unpaired) electrons. The number of hydrogen-bond donors (Lipinski definition) is 0. The van der Waals surface area contributed by atoms with Crippen LogP contribution in [-0.4, -0.2) is 38.1 Å². The van der Waals surface area contributed by atoms with Crippen molar-refractivity contribution in [2.75, 3.05) is 19.2 Å². The van der Waals surface area contributed by atoms with Crippen molar-refractivity contribution in [1.29, 1.82) is 0 Å². The van der Waals surface area contributed by atoms with Crippen molar-refractivity contribution in [3.8, 4) is 0 Å². The zero-order valence-electron chi connectivity index (χ0n) is 17.7. The van der Waals surface area contributed by atoms with Gasteiger partial charge in [0.25, 0.3) is 0 Å². The SMILES string of the molecule is CCC(CC=CCCC(C)C(=O)OCCOCS(=O)(=O)[O-])C1CCCCC1.[Na+]. The maximum Gasteiger partial charge on any atom is 1.00 e. The molecule has 0 amide bonds. The second-order valence-electron chi connectivity index (χ2n) is 7.50. The predicted octanol–water partition coefficient (Wildman–Crippen LogP) is 1.02. The van der Waals surface area contributed by atoms with Gasteiger partial charge in [-0.05, 0) is 31.1 Å². The van der Waals surface area contributed by atoms with E-state index in [1.807, 2.05) is 6.92 Å². The van der Waals surface area contributed by atoms with Crippen LogP contribution in [-0.2, 0) is 24.4 Å². The molecule has 0 saturated heterocycles. The molecule has 0 aliphatic heterocycles. The van der Waals surface area contributed by atoms with Crippen molar-refractivity contribution in [2.45, 2.75) is 71.6 Å². The maximum atomic E-state index is 11.8. The van der Waals surface area contributed by atoms with Crippen LogP contribution in [0.2, 0.25) is 0 Å². The van der Waals surface area contributed by atoms with E-state index in [4.69, 9.17) is 4.74 Å². The van der Waals surface area contributed by atoms with Crippen molar-refractivity contribution in [3.05, 3.63) is 12.2 Å². The molecule has 0 aromatic rings. The van der Waals surface area contributed by atoms with Crippen molar-refractivity contribution in [2.24, 2.45) is 17.8 Å². The minimum absolute atomic E-state index is 0. The number of carbonyl (C=O) groups is 1. The molecule has 1 fully saturated rings. The Bertz CT molecular complexity index is 543. The van der Waals surface area contributed by atoms with Gasteiger partial charge < -0.3 is 14.0 Å². The van der Waals surface area contributed by atoms with Gasteiger partial charge in [-0.1, -0.05) is 64.5 Å². The molecular formula is C20H35NaO6S. The van der Waals surface area contributed by atoms with Crippen molar-refractivity contribution >= 4 is 16.1 Å². The number of hydrogen-bond acceptors (Lipinski definition) is 6. The van der Waals surface area contributed by atoms with Crippen molar-refractivity contribution < 1.29 is 56.8 Å². The molecule has 1 saturated carbocycles. The molecule has 0 spiro atoms. The van der Waals surface area contributed by atoms with E-state index in [1.165, 1.54) is 38.5 Å². The van der Waals surface area contributed by atoms with Gasteiger partial charge in [-0.3, -0.25) is 4.79 Å². The first-order valence-electron chi connectivity index (χ1n) is 10.2. The number of carbonyl (C=O) groups excluding carboxylic acids is 1. The quantitative estimate of drug-likeness (QED) is 0.144. The number of esters is 1. The average molecular weight is 427 g/mol. The van der Waals surface area contributed by atoms with E-state index >= 15 is 0 Å². The molecule has 1 rings (SSSR count). The van der Waals surface area contributed by atoms with Gasteiger partial charge in [-0.15, -0.1) is 0 Å². The van der Waals surface area contributed by atoms with Crippen LogP contribution >= 0.6 is 0 Å². The van der Waals surface area contributed by atoms with Crippen LogP contribution in [0.4, 0.5) is 0 Å². The van der Waals surface area contributed by atoms with Crippen LogP contribution in [0.1, 0.15) is 71.6 Å². The Hall–Kier alpha value is 0.0800. The van der Waals surface area contributed by atoms with Crippen LogP contribution in [0.5, 0.6) is 0 Å². The van der Waals surface area contributed by atoms with Crippen LogP contribution in [0.25, 0.3) is 0 Å². The summed E-state index contributed by atoms with van der Waals surface area (Å²) in [7, 11) is -4.39. The topological polar surface area (TPSA) is 92.7 Å². The fraction of sp³-hybridized carbons (Fsp3) is 0.850. The van der Waals surface area contributed by atoms with Crippen LogP contribution in [0.15, 0.2) is 12.2 Å². The summed E-state index contributed by atoms with van der Waals surface area (Å²) in [5.41, 5.74) is 0. The first kappa shape index (κ1) is 28.1. The van der Waals surface area contributed by atoms with E-state index in [1.54, 1.807) is 0 Å². The summed E-state index contributed by atoms with van der Waals surface area (Å²) in [6, 6.07) is 0. The van der Waals surface area contributed by atoms with E-state index in [9.17, 15) is 17.8 Å². The van der Waals surface area contributed by atoms with Crippen LogP contribution < -0.4 is 29.6 Å². The Morgan fingerprint density at radius 3 is 2.46 bits per heavy atom. The van der Waals surface area contributed by atoms with E-state index in [-0.39, 0.29) is 54.7 Å². The first-order valence-corrected chi connectivity index (χ1v) is 11.7. The minimum Gasteiger partial charge on any atom is -0.746 e. The third kappa shape index (κ3) is 13.3. The summed E-state index contributed by atoms with van der Waals surface area (Å²) >= 11 is 0. The molecule has 0 N–H and O–H groups in total. The molecule has 6 nitrogen and oxygen atoms in total. The average Bonchev–Trinajstić information content (AvgIpc) is 2.63. The van der Waals surface area contributed by atoms with Gasteiger partial charge >= 0.3 is 35.5 Å². The number of ether oxygens (including phenoxy) is 2. The second kappa shape index (κ2) is 15.9. The Morgan fingerprint density at radius 2 is 1.86 bits per heavy atom. The minimum atomic E-state index is -4.39. The summed E-state index contributed by atoms with van der Waals surface area (Å²) in [6.45, 7) is 3.95. The Labute approximate surface area is 192 Å². The van der Waals surface area contributed by atoms with Gasteiger partial charge in [0.1, 0.15) is 22.7 Å². The molecule has 0 heterocycles. The Balaban J connectivity index is 0.00000729. The van der Waals surface area contributed by atoms with E-state index in [2.05, 4.69) is 23.8 Å². The fourth-order valence-corrected chi connectivity index (χ4v) is 3.98. The normalized spacial score (nSPS) is 17.8. The Morgan fingerprint density at radius 1 is 1.18 bits per heavy atom.